The van der Waals surface area contributed by atoms with Crippen LogP contribution in [0.2, 0.25) is 0 Å². The second-order valence-electron chi connectivity index (χ2n) is 8.00. The molecule has 0 saturated heterocycles. The number of urea groups is 1. The van der Waals surface area contributed by atoms with Gasteiger partial charge in [-0.2, -0.15) is 18.4 Å². The van der Waals surface area contributed by atoms with Gasteiger partial charge in [0.05, 0.1) is 41.7 Å². The summed E-state index contributed by atoms with van der Waals surface area (Å²) in [6.45, 7) is 2.65. The molecule has 1 heterocycles. The maximum Gasteiger partial charge on any atom is 0.418 e. The first-order chi connectivity index (χ1) is 18.0. The Kier molecular flexibility index (Phi) is 8.75. The lowest BCUT2D eigenvalue weighted by molar-refractivity contribution is -0.139. The Morgan fingerprint density at radius 1 is 1.08 bits per heavy atom. The fourth-order valence-electron chi connectivity index (χ4n) is 3.92. The lowest BCUT2D eigenvalue weighted by Crippen LogP contribution is -2.53. The highest BCUT2D eigenvalue weighted by Crippen LogP contribution is 2.41. The topological polar surface area (TPSA) is 109 Å². The van der Waals surface area contributed by atoms with Crippen LogP contribution in [0.1, 0.15) is 36.6 Å². The number of halogens is 3. The molecule has 0 aromatic heterocycles. The SMILES string of the molecule is CCOC(=O)C1=C(C)N(c2cccc(C(F)(F)F)c2)C(=O)N(C(=O)OCCOC)C1c1ccc(C#N)cc1. The summed E-state index contributed by atoms with van der Waals surface area (Å²) in [6.07, 6.45) is -5.87. The predicted molar refractivity (Wildman–Crippen MR) is 128 cm³/mol. The third-order valence-electron chi connectivity index (χ3n) is 5.65. The Labute approximate surface area is 216 Å². The van der Waals surface area contributed by atoms with Crippen LogP contribution in [0.25, 0.3) is 0 Å². The van der Waals surface area contributed by atoms with Gasteiger partial charge < -0.3 is 14.2 Å². The van der Waals surface area contributed by atoms with Crippen LogP contribution in [-0.2, 0) is 25.2 Å². The molecule has 38 heavy (non-hydrogen) atoms. The highest BCUT2D eigenvalue weighted by molar-refractivity contribution is 6.08. The Morgan fingerprint density at radius 3 is 2.34 bits per heavy atom. The summed E-state index contributed by atoms with van der Waals surface area (Å²) < 4.78 is 55.6. The van der Waals surface area contributed by atoms with Gasteiger partial charge in [-0.3, -0.25) is 4.90 Å². The third kappa shape index (κ3) is 5.78. The van der Waals surface area contributed by atoms with Crippen LogP contribution in [0.15, 0.2) is 59.8 Å². The van der Waals surface area contributed by atoms with E-state index >= 15 is 0 Å². The quantitative estimate of drug-likeness (QED) is 0.358. The van der Waals surface area contributed by atoms with Crippen molar-refractivity contribution in [3.8, 4) is 6.07 Å². The summed E-state index contributed by atoms with van der Waals surface area (Å²) in [5, 5.41) is 9.16. The lowest BCUT2D eigenvalue weighted by Gasteiger charge is -2.41. The molecule has 0 fully saturated rings. The summed E-state index contributed by atoms with van der Waals surface area (Å²) in [5.74, 6) is -0.890. The molecule has 0 aliphatic carbocycles. The molecule has 9 nitrogen and oxygen atoms in total. The number of carbonyl (C=O) groups is 3. The number of anilines is 1. The van der Waals surface area contributed by atoms with Crippen molar-refractivity contribution in [1.29, 1.82) is 5.26 Å². The molecule has 3 amide bonds. The molecule has 0 radical (unpaired) electrons. The number of esters is 1. The zero-order chi connectivity index (χ0) is 28.0. The number of alkyl halides is 3. The normalized spacial score (nSPS) is 15.8. The highest BCUT2D eigenvalue weighted by Gasteiger charge is 2.47. The zero-order valence-electron chi connectivity index (χ0n) is 20.7. The highest BCUT2D eigenvalue weighted by atomic mass is 19.4. The minimum Gasteiger partial charge on any atom is -0.463 e. The van der Waals surface area contributed by atoms with Crippen molar-refractivity contribution in [2.45, 2.75) is 26.1 Å². The molecule has 12 heteroatoms. The van der Waals surface area contributed by atoms with Crippen LogP contribution < -0.4 is 4.90 Å². The predicted octanol–water partition coefficient (Wildman–Crippen LogP) is 5.18. The molecule has 0 spiro atoms. The number of ether oxygens (including phenoxy) is 3. The summed E-state index contributed by atoms with van der Waals surface area (Å²) in [7, 11) is 1.37. The van der Waals surface area contributed by atoms with Gasteiger partial charge in [0.2, 0.25) is 0 Å². The molecule has 0 bridgehead atoms. The smallest absolute Gasteiger partial charge is 0.418 e. The maximum absolute atomic E-state index is 13.8. The van der Waals surface area contributed by atoms with Crippen molar-refractivity contribution in [1.82, 2.24) is 4.90 Å². The minimum absolute atomic E-state index is 0.00620. The molecule has 0 saturated carbocycles. The summed E-state index contributed by atoms with van der Waals surface area (Å²) in [4.78, 5) is 41.7. The Morgan fingerprint density at radius 2 is 1.76 bits per heavy atom. The van der Waals surface area contributed by atoms with Gasteiger partial charge in [0.1, 0.15) is 12.6 Å². The van der Waals surface area contributed by atoms with Gasteiger partial charge in [0.15, 0.2) is 0 Å². The van der Waals surface area contributed by atoms with E-state index in [-0.39, 0.29) is 47.9 Å². The fourth-order valence-corrected chi connectivity index (χ4v) is 3.92. The number of allylic oxidation sites excluding steroid dienone is 1. The van der Waals surface area contributed by atoms with Crippen LogP contribution in [0.5, 0.6) is 0 Å². The molecule has 0 N–H and O–H groups in total. The van der Waals surface area contributed by atoms with Crippen molar-refractivity contribution < 1.29 is 41.8 Å². The third-order valence-corrected chi connectivity index (χ3v) is 5.65. The van der Waals surface area contributed by atoms with E-state index in [1.54, 1.807) is 6.92 Å². The molecule has 1 aliphatic heterocycles. The maximum atomic E-state index is 13.8. The first kappa shape index (κ1) is 28.2. The number of amides is 3. The van der Waals surface area contributed by atoms with Crippen LogP contribution in [0.4, 0.5) is 28.4 Å². The molecule has 200 valence electrons. The number of rotatable bonds is 7. The van der Waals surface area contributed by atoms with Gasteiger partial charge >= 0.3 is 24.3 Å². The van der Waals surface area contributed by atoms with E-state index in [9.17, 15) is 27.6 Å². The number of methoxy groups -OCH3 is 1. The number of nitriles is 1. The molecular formula is C26H24F3N3O6. The van der Waals surface area contributed by atoms with E-state index in [0.29, 0.717) is 4.90 Å². The van der Waals surface area contributed by atoms with Crippen molar-refractivity contribution >= 4 is 23.8 Å². The Hall–Kier alpha value is -4.37. The molecule has 1 unspecified atom stereocenters. The van der Waals surface area contributed by atoms with Gasteiger partial charge in [-0.25, -0.2) is 19.3 Å². The molecular weight excluding hydrogens is 507 g/mol. The van der Waals surface area contributed by atoms with Gasteiger partial charge in [0, 0.05) is 12.8 Å². The van der Waals surface area contributed by atoms with Crippen LogP contribution >= 0.6 is 0 Å². The second-order valence-corrected chi connectivity index (χ2v) is 8.00. The Bertz CT molecular complexity index is 1280. The summed E-state index contributed by atoms with van der Waals surface area (Å²) >= 11 is 0. The number of benzene rings is 2. The van der Waals surface area contributed by atoms with Crippen molar-refractivity contribution in [2.75, 3.05) is 31.8 Å². The average Bonchev–Trinajstić information content (AvgIpc) is 2.88. The average molecular weight is 531 g/mol. The van der Waals surface area contributed by atoms with Crippen LogP contribution in [0.3, 0.4) is 0 Å². The first-order valence-corrected chi connectivity index (χ1v) is 11.4. The van der Waals surface area contributed by atoms with Gasteiger partial charge in [-0.1, -0.05) is 18.2 Å². The number of hydrogen-bond acceptors (Lipinski definition) is 7. The fraction of sp³-hybridized carbons (Fsp3) is 0.308. The van der Waals surface area contributed by atoms with Crippen LogP contribution in [-0.4, -0.2) is 49.9 Å². The van der Waals surface area contributed by atoms with E-state index in [1.807, 2.05) is 6.07 Å². The van der Waals surface area contributed by atoms with Gasteiger partial charge in [-0.05, 0) is 49.7 Å². The first-order valence-electron chi connectivity index (χ1n) is 11.4. The molecule has 2 aromatic rings. The lowest BCUT2D eigenvalue weighted by atomic mass is 9.92. The monoisotopic (exact) mass is 531 g/mol. The standard InChI is InChI=1S/C26H24F3N3O6/c1-4-37-23(33)21-16(2)31(20-7-5-6-19(14-20)26(27,28)29)24(34)32(25(35)38-13-12-36-3)22(21)18-10-8-17(15-30)9-11-18/h5-11,14,22H,4,12-13H2,1-3H3. The van der Waals surface area contributed by atoms with Gasteiger partial charge in [-0.15, -0.1) is 0 Å². The number of nitrogens with zero attached hydrogens (tertiary/aromatic N) is 3. The zero-order valence-corrected chi connectivity index (χ0v) is 20.7. The summed E-state index contributed by atoms with van der Waals surface area (Å²) in [5.41, 5.74) is -0.907. The van der Waals surface area contributed by atoms with Crippen molar-refractivity contribution in [3.63, 3.8) is 0 Å². The van der Waals surface area contributed by atoms with E-state index in [0.717, 1.165) is 23.1 Å². The van der Waals surface area contributed by atoms with Gasteiger partial charge in [0.25, 0.3) is 0 Å². The van der Waals surface area contributed by atoms with E-state index in [4.69, 9.17) is 19.5 Å². The largest absolute Gasteiger partial charge is 0.463 e. The van der Waals surface area contributed by atoms with Crippen molar-refractivity contribution in [2.24, 2.45) is 0 Å². The van der Waals surface area contributed by atoms with E-state index in [2.05, 4.69) is 0 Å². The number of imide groups is 1. The second kappa shape index (κ2) is 11.8. The number of carbonyl (C=O) groups excluding carboxylic acids is 3. The molecule has 3 rings (SSSR count). The van der Waals surface area contributed by atoms with Crippen LogP contribution in [0, 0.1) is 11.3 Å². The Balaban J connectivity index is 2.27. The van der Waals surface area contributed by atoms with Crippen molar-refractivity contribution in [3.05, 3.63) is 76.5 Å². The minimum atomic E-state index is -4.71. The number of hydrogen-bond donors (Lipinski definition) is 0. The molecule has 1 atom stereocenters. The van der Waals surface area contributed by atoms with E-state index in [1.165, 1.54) is 44.4 Å². The molecule has 2 aromatic carbocycles. The molecule has 1 aliphatic rings. The van der Waals surface area contributed by atoms with E-state index < -0.39 is 35.9 Å². The summed E-state index contributed by atoms with van der Waals surface area (Å²) in [6, 6.07) is 9.26.